The van der Waals surface area contributed by atoms with Gasteiger partial charge in [0.1, 0.15) is 5.76 Å². The lowest BCUT2D eigenvalue weighted by Gasteiger charge is -2.31. The maximum absolute atomic E-state index is 5.57. The number of nitrogens with zero attached hydrogens (tertiary/aromatic N) is 1. The molecule has 1 N–H and O–H groups in total. The van der Waals surface area contributed by atoms with Crippen LogP contribution in [0, 0.1) is 5.92 Å². The molecule has 2 aliphatic carbocycles. The molecule has 0 bridgehead atoms. The molecule has 3 nitrogen and oxygen atoms in total. The molecule has 21 heavy (non-hydrogen) atoms. The minimum atomic E-state index is 0.718. The second-order valence-corrected chi connectivity index (χ2v) is 6.80. The van der Waals surface area contributed by atoms with Crippen LogP contribution in [0.1, 0.15) is 57.6 Å². The van der Waals surface area contributed by atoms with Gasteiger partial charge in [0.2, 0.25) is 0 Å². The van der Waals surface area contributed by atoms with Crippen molar-refractivity contribution < 1.29 is 4.42 Å². The van der Waals surface area contributed by atoms with Gasteiger partial charge in [-0.1, -0.05) is 26.2 Å². The Morgan fingerprint density at radius 3 is 2.76 bits per heavy atom. The molecule has 0 amide bonds. The molecule has 2 unspecified atom stereocenters. The maximum atomic E-state index is 5.57. The van der Waals surface area contributed by atoms with Crippen LogP contribution < -0.4 is 5.32 Å². The molecule has 1 aromatic heterocycles. The average molecular weight is 290 g/mol. The first-order chi connectivity index (χ1) is 10.4. The van der Waals surface area contributed by atoms with Crippen LogP contribution in [0.25, 0.3) is 0 Å². The van der Waals surface area contributed by atoms with Crippen molar-refractivity contribution in [3.8, 4) is 0 Å². The van der Waals surface area contributed by atoms with Crippen LogP contribution in [0.4, 0.5) is 0 Å². The molecule has 3 rings (SSSR count). The fourth-order valence-corrected chi connectivity index (χ4v) is 3.82. The molecule has 0 aromatic carbocycles. The number of rotatable bonds is 7. The molecule has 1 heterocycles. The number of nitrogens with one attached hydrogen (secondary N) is 1. The Morgan fingerprint density at radius 1 is 1.19 bits per heavy atom. The van der Waals surface area contributed by atoms with Gasteiger partial charge in [-0.05, 0) is 50.3 Å². The Kier molecular flexibility index (Phi) is 5.37. The first-order valence-corrected chi connectivity index (χ1v) is 8.86. The van der Waals surface area contributed by atoms with Crippen LogP contribution in [-0.2, 0) is 6.54 Å². The Labute approximate surface area is 129 Å². The molecule has 2 fully saturated rings. The van der Waals surface area contributed by atoms with E-state index in [1.807, 2.05) is 6.07 Å². The van der Waals surface area contributed by atoms with Gasteiger partial charge in [-0.25, -0.2) is 0 Å². The highest BCUT2D eigenvalue weighted by Crippen LogP contribution is 2.32. The van der Waals surface area contributed by atoms with E-state index in [0.717, 1.165) is 36.9 Å². The smallest absolute Gasteiger partial charge is 0.117 e. The van der Waals surface area contributed by atoms with Gasteiger partial charge in [-0.3, -0.25) is 4.90 Å². The van der Waals surface area contributed by atoms with E-state index in [4.69, 9.17) is 4.42 Å². The molecule has 118 valence electrons. The van der Waals surface area contributed by atoms with Crippen molar-refractivity contribution in [3.63, 3.8) is 0 Å². The van der Waals surface area contributed by atoms with Crippen LogP contribution in [0.2, 0.25) is 0 Å². The first-order valence-electron chi connectivity index (χ1n) is 8.86. The molecule has 0 saturated heterocycles. The fraction of sp³-hybridized carbons (Fsp3) is 0.778. The summed E-state index contributed by atoms with van der Waals surface area (Å²) in [5.74, 6) is 1.93. The summed E-state index contributed by atoms with van der Waals surface area (Å²) in [6.45, 7) is 5.57. The summed E-state index contributed by atoms with van der Waals surface area (Å²) in [6.07, 6.45) is 11.5. The number of hydrogen-bond acceptors (Lipinski definition) is 3. The van der Waals surface area contributed by atoms with E-state index < -0.39 is 0 Å². The Morgan fingerprint density at radius 2 is 2.05 bits per heavy atom. The Balaban J connectivity index is 1.62. The zero-order valence-electron chi connectivity index (χ0n) is 13.4. The summed E-state index contributed by atoms with van der Waals surface area (Å²) in [5.41, 5.74) is 0. The molecule has 1 aromatic rings. The van der Waals surface area contributed by atoms with Crippen molar-refractivity contribution in [1.29, 1.82) is 0 Å². The van der Waals surface area contributed by atoms with Crippen molar-refractivity contribution in [1.82, 2.24) is 10.2 Å². The predicted molar refractivity (Wildman–Crippen MR) is 86.2 cm³/mol. The van der Waals surface area contributed by atoms with Gasteiger partial charge in [0.25, 0.3) is 0 Å². The van der Waals surface area contributed by atoms with Crippen molar-refractivity contribution in [2.75, 3.05) is 13.1 Å². The van der Waals surface area contributed by atoms with Crippen molar-refractivity contribution in [2.45, 2.75) is 70.5 Å². The van der Waals surface area contributed by atoms with Crippen molar-refractivity contribution in [3.05, 3.63) is 24.2 Å². The lowest BCUT2D eigenvalue weighted by Crippen LogP contribution is -2.42. The molecular weight excluding hydrogens is 260 g/mol. The Bertz CT molecular complexity index is 399. The second-order valence-electron chi connectivity index (χ2n) is 6.80. The first kappa shape index (κ1) is 15.1. The van der Waals surface area contributed by atoms with Crippen LogP contribution in [0.15, 0.2) is 22.8 Å². The summed E-state index contributed by atoms with van der Waals surface area (Å²) in [7, 11) is 0. The zero-order valence-corrected chi connectivity index (χ0v) is 13.4. The maximum Gasteiger partial charge on any atom is 0.117 e. The highest BCUT2D eigenvalue weighted by Gasteiger charge is 2.33. The van der Waals surface area contributed by atoms with Gasteiger partial charge in [0.15, 0.2) is 0 Å². The fourth-order valence-electron chi connectivity index (χ4n) is 3.82. The third-order valence-corrected chi connectivity index (χ3v) is 5.10. The molecular formula is C18H30N2O. The van der Waals surface area contributed by atoms with Crippen molar-refractivity contribution >= 4 is 0 Å². The summed E-state index contributed by atoms with van der Waals surface area (Å²) >= 11 is 0. The van der Waals surface area contributed by atoms with Gasteiger partial charge < -0.3 is 9.73 Å². The molecule has 2 atom stereocenters. The summed E-state index contributed by atoms with van der Waals surface area (Å²) < 4.78 is 5.57. The standard InChI is InChI=1S/C18H30N2O/c1-2-19-18-9-5-3-4-7-15(18)13-20(16-10-11-16)14-17-8-6-12-21-17/h6,8,12,15-16,18-19H,2-5,7,9-11,13-14H2,1H3. The largest absolute Gasteiger partial charge is 0.468 e. The van der Waals surface area contributed by atoms with E-state index in [1.54, 1.807) is 6.26 Å². The molecule has 2 saturated carbocycles. The number of furan rings is 1. The number of hydrogen-bond donors (Lipinski definition) is 1. The molecule has 0 aliphatic heterocycles. The second kappa shape index (κ2) is 7.46. The normalized spacial score (nSPS) is 27.0. The predicted octanol–water partition coefficient (Wildman–Crippen LogP) is 3.80. The van der Waals surface area contributed by atoms with E-state index >= 15 is 0 Å². The highest BCUT2D eigenvalue weighted by atomic mass is 16.3. The SMILES string of the molecule is CCNC1CCCCCC1CN(Cc1ccco1)C1CC1. The van der Waals surface area contributed by atoms with E-state index in [0.29, 0.717) is 0 Å². The third kappa shape index (κ3) is 4.33. The van der Waals surface area contributed by atoms with Gasteiger partial charge in [-0.2, -0.15) is 0 Å². The zero-order chi connectivity index (χ0) is 14.5. The van der Waals surface area contributed by atoms with E-state index in [2.05, 4.69) is 23.2 Å². The van der Waals surface area contributed by atoms with Crippen LogP contribution in [0.5, 0.6) is 0 Å². The van der Waals surface area contributed by atoms with E-state index in [9.17, 15) is 0 Å². The van der Waals surface area contributed by atoms with Crippen molar-refractivity contribution in [2.24, 2.45) is 5.92 Å². The monoisotopic (exact) mass is 290 g/mol. The minimum Gasteiger partial charge on any atom is -0.468 e. The molecule has 2 aliphatic rings. The van der Waals surface area contributed by atoms with Crippen LogP contribution in [-0.4, -0.2) is 30.1 Å². The Hall–Kier alpha value is -0.800. The lowest BCUT2D eigenvalue weighted by molar-refractivity contribution is 0.169. The molecule has 0 radical (unpaired) electrons. The average Bonchev–Trinajstić information content (AvgIpc) is 3.24. The third-order valence-electron chi connectivity index (χ3n) is 5.10. The van der Waals surface area contributed by atoms with Crippen LogP contribution in [0.3, 0.4) is 0 Å². The van der Waals surface area contributed by atoms with Gasteiger partial charge >= 0.3 is 0 Å². The summed E-state index contributed by atoms with van der Waals surface area (Å²) in [4.78, 5) is 2.68. The summed E-state index contributed by atoms with van der Waals surface area (Å²) in [5, 5.41) is 3.75. The van der Waals surface area contributed by atoms with E-state index in [1.165, 1.54) is 51.5 Å². The topological polar surface area (TPSA) is 28.4 Å². The molecule has 3 heteroatoms. The van der Waals surface area contributed by atoms with Gasteiger partial charge in [0, 0.05) is 18.6 Å². The lowest BCUT2D eigenvalue weighted by atomic mass is 9.93. The van der Waals surface area contributed by atoms with Gasteiger partial charge in [0.05, 0.1) is 12.8 Å². The molecule has 0 spiro atoms. The quantitative estimate of drug-likeness (QED) is 0.774. The van der Waals surface area contributed by atoms with Crippen LogP contribution >= 0.6 is 0 Å². The van der Waals surface area contributed by atoms with Gasteiger partial charge in [-0.15, -0.1) is 0 Å². The highest BCUT2D eigenvalue weighted by molar-refractivity contribution is 5.00. The van der Waals surface area contributed by atoms with E-state index in [-0.39, 0.29) is 0 Å². The summed E-state index contributed by atoms with van der Waals surface area (Å²) in [6, 6.07) is 5.65. The minimum absolute atomic E-state index is 0.718.